The van der Waals surface area contributed by atoms with Crippen molar-refractivity contribution in [2.24, 2.45) is 0 Å². The highest BCUT2D eigenvalue weighted by molar-refractivity contribution is 6.28. The van der Waals surface area contributed by atoms with E-state index in [1.54, 1.807) is 0 Å². The molecule has 1 aromatic heterocycles. The number of hydrogen-bond donors (Lipinski definition) is 1. The Morgan fingerprint density at radius 2 is 1.88 bits per heavy atom. The minimum absolute atomic E-state index is 0.203. The Labute approximate surface area is 99.3 Å². The van der Waals surface area contributed by atoms with E-state index in [1.165, 1.54) is 12.1 Å². The average molecular weight is 260 g/mol. The first kappa shape index (κ1) is 11.7. The highest BCUT2D eigenvalue weighted by Crippen LogP contribution is 2.22. The van der Waals surface area contributed by atoms with E-state index in [9.17, 15) is 13.2 Å². The summed E-state index contributed by atoms with van der Waals surface area (Å²) in [6, 6.07) is 3.47. The zero-order chi connectivity index (χ0) is 12.4. The molecule has 0 saturated heterocycles. The molecule has 0 aliphatic carbocycles. The quantitative estimate of drug-likeness (QED) is 0.841. The molecular formula is C10H5ClF3N3. The van der Waals surface area contributed by atoms with Crippen LogP contribution < -0.4 is 5.32 Å². The Balaban J connectivity index is 2.38. The van der Waals surface area contributed by atoms with Crippen molar-refractivity contribution in [3.63, 3.8) is 0 Å². The van der Waals surface area contributed by atoms with Crippen LogP contribution in [0.1, 0.15) is 0 Å². The first-order chi connectivity index (χ1) is 8.08. The van der Waals surface area contributed by atoms with E-state index in [2.05, 4.69) is 15.3 Å². The zero-order valence-electron chi connectivity index (χ0n) is 8.22. The van der Waals surface area contributed by atoms with Crippen molar-refractivity contribution in [2.45, 2.75) is 0 Å². The Hall–Kier alpha value is -1.82. The second kappa shape index (κ2) is 4.58. The molecule has 0 atom stereocenters. The van der Waals surface area contributed by atoms with Gasteiger partial charge in [-0.1, -0.05) is 6.07 Å². The van der Waals surface area contributed by atoms with Gasteiger partial charge in [-0.15, -0.1) is 0 Å². The molecule has 2 aromatic rings. The van der Waals surface area contributed by atoms with Crippen LogP contribution in [-0.4, -0.2) is 9.97 Å². The van der Waals surface area contributed by atoms with Crippen LogP contribution in [0.5, 0.6) is 0 Å². The molecule has 2 rings (SSSR count). The fourth-order valence-electron chi connectivity index (χ4n) is 1.16. The molecule has 0 fully saturated rings. The molecule has 3 nitrogen and oxygen atoms in total. The Bertz CT molecular complexity index is 562. The fourth-order valence-corrected chi connectivity index (χ4v) is 1.29. The second-order valence-corrected chi connectivity index (χ2v) is 3.40. The van der Waals surface area contributed by atoms with Gasteiger partial charge in [-0.3, -0.25) is 0 Å². The molecule has 17 heavy (non-hydrogen) atoms. The predicted octanol–water partition coefficient (Wildman–Crippen LogP) is 3.29. The lowest BCUT2D eigenvalue weighted by Crippen LogP contribution is -2.01. The van der Waals surface area contributed by atoms with Gasteiger partial charge < -0.3 is 5.32 Å². The van der Waals surface area contributed by atoms with Crippen LogP contribution in [0.4, 0.5) is 24.7 Å². The van der Waals surface area contributed by atoms with Crippen molar-refractivity contribution in [1.29, 1.82) is 0 Å². The van der Waals surface area contributed by atoms with Crippen LogP contribution in [0.25, 0.3) is 0 Å². The maximum Gasteiger partial charge on any atom is 0.224 e. The van der Waals surface area contributed by atoms with Gasteiger partial charge in [0.05, 0.1) is 11.9 Å². The van der Waals surface area contributed by atoms with Gasteiger partial charge in [-0.2, -0.15) is 4.98 Å². The number of aromatic nitrogens is 2. The minimum atomic E-state index is -1.12. The van der Waals surface area contributed by atoms with Crippen LogP contribution >= 0.6 is 11.6 Å². The Morgan fingerprint density at radius 3 is 2.65 bits per heavy atom. The van der Waals surface area contributed by atoms with Crippen molar-refractivity contribution in [3.8, 4) is 0 Å². The van der Waals surface area contributed by atoms with Crippen LogP contribution in [0.15, 0.2) is 24.4 Å². The van der Waals surface area contributed by atoms with Gasteiger partial charge in [-0.25, -0.2) is 18.2 Å². The monoisotopic (exact) mass is 259 g/mol. The topological polar surface area (TPSA) is 37.8 Å². The molecule has 0 amide bonds. The lowest BCUT2D eigenvalue weighted by atomic mass is 10.3. The van der Waals surface area contributed by atoms with E-state index in [1.807, 2.05) is 0 Å². The molecule has 1 N–H and O–H groups in total. The second-order valence-electron chi connectivity index (χ2n) is 3.06. The molecule has 0 spiro atoms. The van der Waals surface area contributed by atoms with E-state index < -0.39 is 17.5 Å². The summed E-state index contributed by atoms with van der Waals surface area (Å²) in [5.74, 6) is -3.32. The number of benzene rings is 1. The SMILES string of the molecule is Fc1cnc(Cl)nc1Nc1cccc(F)c1F. The van der Waals surface area contributed by atoms with E-state index in [-0.39, 0.29) is 16.8 Å². The fraction of sp³-hybridized carbons (Fsp3) is 0. The molecule has 0 bridgehead atoms. The van der Waals surface area contributed by atoms with Gasteiger partial charge in [0.15, 0.2) is 23.3 Å². The van der Waals surface area contributed by atoms with Crippen molar-refractivity contribution in [2.75, 3.05) is 5.32 Å². The summed E-state index contributed by atoms with van der Waals surface area (Å²) >= 11 is 5.46. The summed E-state index contributed by atoms with van der Waals surface area (Å²) in [4.78, 5) is 6.91. The molecule has 0 aliphatic rings. The van der Waals surface area contributed by atoms with Crippen molar-refractivity contribution >= 4 is 23.1 Å². The first-order valence-corrected chi connectivity index (χ1v) is 4.85. The Morgan fingerprint density at radius 1 is 1.12 bits per heavy atom. The smallest absolute Gasteiger partial charge is 0.224 e. The lowest BCUT2D eigenvalue weighted by molar-refractivity contribution is 0.511. The standard InChI is InChI=1S/C10H5ClF3N3/c11-10-15-4-6(13)9(17-10)16-7-3-1-2-5(12)8(7)14/h1-4H,(H,15,16,17). The molecule has 88 valence electrons. The number of halogens is 4. The highest BCUT2D eigenvalue weighted by atomic mass is 35.5. The summed E-state index contributed by atoms with van der Waals surface area (Å²) in [5, 5.41) is 2.09. The van der Waals surface area contributed by atoms with E-state index in [4.69, 9.17) is 11.6 Å². The summed E-state index contributed by atoms with van der Waals surface area (Å²) in [7, 11) is 0. The third kappa shape index (κ3) is 2.47. The first-order valence-electron chi connectivity index (χ1n) is 4.47. The third-order valence-corrected chi connectivity index (χ3v) is 2.10. The molecule has 0 unspecified atom stereocenters. The summed E-state index contributed by atoms with van der Waals surface area (Å²) in [6.07, 6.45) is 0.828. The predicted molar refractivity (Wildman–Crippen MR) is 56.6 cm³/mol. The van der Waals surface area contributed by atoms with E-state index in [0.717, 1.165) is 12.3 Å². The number of rotatable bonds is 2. The third-order valence-electron chi connectivity index (χ3n) is 1.92. The minimum Gasteiger partial charge on any atom is -0.335 e. The molecule has 1 heterocycles. The summed E-state index contributed by atoms with van der Waals surface area (Å²) < 4.78 is 39.4. The van der Waals surface area contributed by atoms with Crippen LogP contribution in [0.2, 0.25) is 5.28 Å². The van der Waals surface area contributed by atoms with E-state index >= 15 is 0 Å². The van der Waals surface area contributed by atoms with Gasteiger partial charge >= 0.3 is 0 Å². The van der Waals surface area contributed by atoms with Crippen molar-refractivity contribution in [1.82, 2.24) is 9.97 Å². The largest absolute Gasteiger partial charge is 0.335 e. The molecule has 0 aliphatic heterocycles. The number of nitrogens with zero attached hydrogens (tertiary/aromatic N) is 2. The van der Waals surface area contributed by atoms with Crippen molar-refractivity contribution < 1.29 is 13.2 Å². The summed E-state index contributed by atoms with van der Waals surface area (Å²) in [6.45, 7) is 0. The highest BCUT2D eigenvalue weighted by Gasteiger charge is 2.11. The maximum absolute atomic E-state index is 13.3. The summed E-state index contributed by atoms with van der Waals surface area (Å²) in [5.41, 5.74) is -0.237. The zero-order valence-corrected chi connectivity index (χ0v) is 8.97. The average Bonchev–Trinajstić information content (AvgIpc) is 2.30. The van der Waals surface area contributed by atoms with Crippen molar-refractivity contribution in [3.05, 3.63) is 47.1 Å². The van der Waals surface area contributed by atoms with Crippen LogP contribution in [0.3, 0.4) is 0 Å². The van der Waals surface area contributed by atoms with Gasteiger partial charge in [0.2, 0.25) is 5.28 Å². The maximum atomic E-state index is 13.3. The Kier molecular flexibility index (Phi) is 3.14. The van der Waals surface area contributed by atoms with Gasteiger partial charge in [0, 0.05) is 0 Å². The van der Waals surface area contributed by atoms with Crippen LogP contribution in [0, 0.1) is 17.5 Å². The van der Waals surface area contributed by atoms with Gasteiger partial charge in [0.25, 0.3) is 0 Å². The molecule has 0 saturated carbocycles. The van der Waals surface area contributed by atoms with Gasteiger partial charge in [0.1, 0.15) is 0 Å². The number of anilines is 2. The molecule has 7 heteroatoms. The normalized spacial score (nSPS) is 10.4. The van der Waals surface area contributed by atoms with Crippen LogP contribution in [-0.2, 0) is 0 Å². The molecule has 0 radical (unpaired) electrons. The lowest BCUT2D eigenvalue weighted by Gasteiger charge is -2.07. The van der Waals surface area contributed by atoms with E-state index in [0.29, 0.717) is 0 Å². The van der Waals surface area contributed by atoms with Gasteiger partial charge in [-0.05, 0) is 23.7 Å². The molecular weight excluding hydrogens is 255 g/mol. The number of hydrogen-bond acceptors (Lipinski definition) is 3. The number of nitrogens with one attached hydrogen (secondary N) is 1. The molecule has 1 aromatic carbocycles.